The molecule has 0 saturated carbocycles. The van der Waals surface area contributed by atoms with Gasteiger partial charge in [-0.3, -0.25) is 9.69 Å². The number of rotatable bonds is 7. The third-order valence-corrected chi connectivity index (χ3v) is 5.77. The first-order valence-electron chi connectivity index (χ1n) is 10.8. The van der Waals surface area contributed by atoms with Gasteiger partial charge in [0.05, 0.1) is 19.9 Å². The van der Waals surface area contributed by atoms with E-state index in [1.165, 1.54) is 11.3 Å². The van der Waals surface area contributed by atoms with E-state index in [1.807, 2.05) is 24.3 Å². The number of para-hydroxylation sites is 1. The van der Waals surface area contributed by atoms with Crippen LogP contribution in [0.4, 0.5) is 11.4 Å². The smallest absolute Gasteiger partial charge is 0.255 e. The molecule has 3 aromatic rings. The van der Waals surface area contributed by atoms with Crippen molar-refractivity contribution in [2.45, 2.75) is 6.54 Å². The van der Waals surface area contributed by atoms with Crippen molar-refractivity contribution in [1.29, 1.82) is 0 Å². The summed E-state index contributed by atoms with van der Waals surface area (Å²) in [6.07, 6.45) is 0. The van der Waals surface area contributed by atoms with E-state index in [2.05, 4.69) is 45.4 Å². The Labute approximate surface area is 189 Å². The van der Waals surface area contributed by atoms with Crippen molar-refractivity contribution in [2.75, 3.05) is 50.6 Å². The van der Waals surface area contributed by atoms with Crippen molar-refractivity contribution >= 4 is 17.3 Å². The number of anilines is 2. The first-order valence-corrected chi connectivity index (χ1v) is 10.8. The molecule has 1 aliphatic heterocycles. The van der Waals surface area contributed by atoms with Crippen LogP contribution in [-0.4, -0.2) is 51.2 Å². The summed E-state index contributed by atoms with van der Waals surface area (Å²) in [5, 5.41) is 2.91. The van der Waals surface area contributed by atoms with Gasteiger partial charge in [-0.25, -0.2) is 0 Å². The molecule has 0 radical (unpaired) electrons. The lowest BCUT2D eigenvalue weighted by atomic mass is 10.1. The van der Waals surface area contributed by atoms with E-state index in [0.29, 0.717) is 22.7 Å². The second kappa shape index (κ2) is 10.2. The number of methoxy groups -OCH3 is 2. The molecule has 3 aromatic carbocycles. The van der Waals surface area contributed by atoms with Gasteiger partial charge in [0.2, 0.25) is 0 Å². The van der Waals surface area contributed by atoms with Gasteiger partial charge in [0.15, 0.2) is 0 Å². The van der Waals surface area contributed by atoms with Crippen molar-refractivity contribution in [3.63, 3.8) is 0 Å². The van der Waals surface area contributed by atoms with Crippen molar-refractivity contribution in [3.05, 3.63) is 83.9 Å². The van der Waals surface area contributed by atoms with Gasteiger partial charge >= 0.3 is 0 Å². The van der Waals surface area contributed by atoms with Gasteiger partial charge in [0, 0.05) is 50.0 Å². The van der Waals surface area contributed by atoms with Crippen LogP contribution in [0.25, 0.3) is 0 Å². The molecule has 1 N–H and O–H groups in total. The van der Waals surface area contributed by atoms with Crippen LogP contribution in [0.5, 0.6) is 11.5 Å². The lowest BCUT2D eigenvalue weighted by molar-refractivity contribution is 0.102. The summed E-state index contributed by atoms with van der Waals surface area (Å²) in [6.45, 7) is 4.97. The maximum Gasteiger partial charge on any atom is 0.255 e. The molecule has 0 unspecified atom stereocenters. The van der Waals surface area contributed by atoms with Gasteiger partial charge in [-0.05, 0) is 42.0 Å². The number of nitrogens with zero attached hydrogens (tertiary/aromatic N) is 2. The monoisotopic (exact) mass is 431 g/mol. The topological polar surface area (TPSA) is 54.0 Å². The highest BCUT2D eigenvalue weighted by molar-refractivity contribution is 6.05. The predicted octanol–water partition coefficient (Wildman–Crippen LogP) is 4.28. The molecule has 4 rings (SSSR count). The molecule has 1 fully saturated rings. The molecule has 1 saturated heterocycles. The number of amides is 1. The molecule has 6 nitrogen and oxygen atoms in total. The van der Waals surface area contributed by atoms with E-state index in [-0.39, 0.29) is 5.91 Å². The summed E-state index contributed by atoms with van der Waals surface area (Å²) in [6, 6.07) is 23.7. The lowest BCUT2D eigenvalue weighted by Gasteiger charge is -2.36. The second-order valence-electron chi connectivity index (χ2n) is 7.82. The summed E-state index contributed by atoms with van der Waals surface area (Å²) in [5.74, 6) is 1.06. The van der Waals surface area contributed by atoms with Crippen LogP contribution in [0.15, 0.2) is 72.8 Å². The van der Waals surface area contributed by atoms with Crippen LogP contribution in [0.3, 0.4) is 0 Å². The van der Waals surface area contributed by atoms with Gasteiger partial charge in [0.1, 0.15) is 11.5 Å². The number of nitrogens with one attached hydrogen (secondary N) is 1. The van der Waals surface area contributed by atoms with E-state index < -0.39 is 0 Å². The van der Waals surface area contributed by atoms with E-state index in [9.17, 15) is 4.79 Å². The highest BCUT2D eigenvalue weighted by Crippen LogP contribution is 2.29. The minimum atomic E-state index is -0.181. The maximum atomic E-state index is 12.7. The molecule has 1 heterocycles. The molecular weight excluding hydrogens is 402 g/mol. The standard InChI is InChI=1S/C26H29N3O3/c1-31-23-12-13-25(32-2)24(18-23)27-26(30)21-10-8-20(9-11-21)19-28-14-16-29(17-15-28)22-6-4-3-5-7-22/h3-13,18H,14-17,19H2,1-2H3,(H,27,30). The van der Waals surface area contributed by atoms with Gasteiger partial charge in [-0.15, -0.1) is 0 Å². The summed E-state index contributed by atoms with van der Waals surface area (Å²) < 4.78 is 10.6. The fraction of sp³-hybridized carbons (Fsp3) is 0.269. The third-order valence-electron chi connectivity index (χ3n) is 5.77. The first kappa shape index (κ1) is 21.7. The van der Waals surface area contributed by atoms with Crippen LogP contribution in [0.1, 0.15) is 15.9 Å². The zero-order valence-electron chi connectivity index (χ0n) is 18.6. The predicted molar refractivity (Wildman–Crippen MR) is 128 cm³/mol. The van der Waals surface area contributed by atoms with E-state index in [0.717, 1.165) is 32.7 Å². The molecule has 0 aromatic heterocycles. The highest BCUT2D eigenvalue weighted by Gasteiger charge is 2.17. The Balaban J connectivity index is 1.33. The van der Waals surface area contributed by atoms with Crippen molar-refractivity contribution in [2.24, 2.45) is 0 Å². The molecular formula is C26H29N3O3. The number of hydrogen-bond acceptors (Lipinski definition) is 5. The van der Waals surface area contributed by atoms with E-state index in [4.69, 9.17) is 9.47 Å². The molecule has 0 bridgehead atoms. The molecule has 166 valence electrons. The van der Waals surface area contributed by atoms with Gasteiger partial charge in [0.25, 0.3) is 5.91 Å². The fourth-order valence-electron chi connectivity index (χ4n) is 3.93. The van der Waals surface area contributed by atoms with Gasteiger partial charge < -0.3 is 19.7 Å². The number of carbonyl (C=O) groups is 1. The number of piperazine rings is 1. The Morgan fingerprint density at radius 3 is 2.25 bits per heavy atom. The quantitative estimate of drug-likeness (QED) is 0.605. The number of hydrogen-bond donors (Lipinski definition) is 1. The van der Waals surface area contributed by atoms with Crippen molar-refractivity contribution in [3.8, 4) is 11.5 Å². The largest absolute Gasteiger partial charge is 0.497 e. The van der Waals surface area contributed by atoms with Crippen LogP contribution in [0, 0.1) is 0 Å². The Bertz CT molecular complexity index is 1030. The molecule has 6 heteroatoms. The summed E-state index contributed by atoms with van der Waals surface area (Å²) in [5.41, 5.74) is 3.67. The summed E-state index contributed by atoms with van der Waals surface area (Å²) in [7, 11) is 3.17. The van der Waals surface area contributed by atoms with Crippen LogP contribution in [-0.2, 0) is 6.54 Å². The van der Waals surface area contributed by atoms with E-state index in [1.54, 1.807) is 32.4 Å². The summed E-state index contributed by atoms with van der Waals surface area (Å²) in [4.78, 5) is 17.6. The number of ether oxygens (including phenoxy) is 2. The average molecular weight is 432 g/mol. The minimum Gasteiger partial charge on any atom is -0.497 e. The highest BCUT2D eigenvalue weighted by atomic mass is 16.5. The van der Waals surface area contributed by atoms with Gasteiger partial charge in [-0.1, -0.05) is 30.3 Å². The molecule has 1 aliphatic rings. The maximum absolute atomic E-state index is 12.7. The lowest BCUT2D eigenvalue weighted by Crippen LogP contribution is -2.45. The third kappa shape index (κ3) is 5.21. The van der Waals surface area contributed by atoms with Gasteiger partial charge in [-0.2, -0.15) is 0 Å². The zero-order chi connectivity index (χ0) is 22.3. The van der Waals surface area contributed by atoms with Crippen molar-refractivity contribution < 1.29 is 14.3 Å². The first-order chi connectivity index (χ1) is 15.7. The summed E-state index contributed by atoms with van der Waals surface area (Å²) >= 11 is 0. The molecule has 1 amide bonds. The Hall–Kier alpha value is -3.51. The molecule has 0 atom stereocenters. The van der Waals surface area contributed by atoms with Crippen molar-refractivity contribution in [1.82, 2.24) is 4.90 Å². The Morgan fingerprint density at radius 2 is 1.59 bits per heavy atom. The number of carbonyl (C=O) groups excluding carboxylic acids is 1. The molecule has 0 spiro atoms. The minimum absolute atomic E-state index is 0.181. The fourth-order valence-corrected chi connectivity index (χ4v) is 3.93. The zero-order valence-corrected chi connectivity index (χ0v) is 18.6. The SMILES string of the molecule is COc1ccc(OC)c(NC(=O)c2ccc(CN3CCN(c4ccccc4)CC3)cc2)c1. The van der Waals surface area contributed by atoms with Crippen LogP contribution < -0.4 is 19.7 Å². The normalized spacial score (nSPS) is 14.1. The second-order valence-corrected chi connectivity index (χ2v) is 7.82. The average Bonchev–Trinajstić information content (AvgIpc) is 2.85. The van der Waals surface area contributed by atoms with Crippen LogP contribution >= 0.6 is 0 Å². The number of benzene rings is 3. The molecule has 0 aliphatic carbocycles. The van der Waals surface area contributed by atoms with E-state index >= 15 is 0 Å². The van der Waals surface area contributed by atoms with Crippen LogP contribution in [0.2, 0.25) is 0 Å². The Kier molecular flexibility index (Phi) is 6.92. The Morgan fingerprint density at radius 1 is 0.875 bits per heavy atom. The molecule has 32 heavy (non-hydrogen) atoms.